The zero-order valence-electron chi connectivity index (χ0n) is 15.3. The van der Waals surface area contributed by atoms with Gasteiger partial charge in [-0.2, -0.15) is 0 Å². The standard InChI is InChI=1S/C22H25N3O2/c26-22(24-27)8-6-16-5-7-19-15-25(11-9-17(19)13-16)12-10-18-14-23-21-4-2-1-3-20(18)21/h1-8,13,18,23,27H,9-12,14-15H2,(H,24,26)/b8-6+. The van der Waals surface area contributed by atoms with Crippen LogP contribution in [0.25, 0.3) is 6.08 Å². The van der Waals surface area contributed by atoms with Gasteiger partial charge in [0.05, 0.1) is 0 Å². The van der Waals surface area contributed by atoms with Crippen molar-refractivity contribution in [1.29, 1.82) is 0 Å². The first-order valence-electron chi connectivity index (χ1n) is 9.52. The van der Waals surface area contributed by atoms with E-state index in [0.29, 0.717) is 5.92 Å². The van der Waals surface area contributed by atoms with Crippen LogP contribution >= 0.6 is 0 Å². The SMILES string of the molecule is O=C(/C=C/c1ccc2c(c1)CCN(CCC1CNc3ccccc31)C2)NO. The van der Waals surface area contributed by atoms with Crippen molar-refractivity contribution >= 4 is 17.7 Å². The normalized spacial score (nSPS) is 18.8. The average molecular weight is 363 g/mol. The number of anilines is 1. The summed E-state index contributed by atoms with van der Waals surface area (Å²) in [4.78, 5) is 13.7. The van der Waals surface area contributed by atoms with Gasteiger partial charge < -0.3 is 5.32 Å². The monoisotopic (exact) mass is 363 g/mol. The van der Waals surface area contributed by atoms with E-state index >= 15 is 0 Å². The van der Waals surface area contributed by atoms with Gasteiger partial charge >= 0.3 is 0 Å². The Kier molecular flexibility index (Phi) is 5.23. The molecule has 0 spiro atoms. The van der Waals surface area contributed by atoms with Crippen molar-refractivity contribution in [2.24, 2.45) is 0 Å². The smallest absolute Gasteiger partial charge is 0.267 e. The minimum atomic E-state index is -0.512. The highest BCUT2D eigenvalue weighted by Crippen LogP contribution is 2.33. The van der Waals surface area contributed by atoms with Crippen molar-refractivity contribution in [3.8, 4) is 0 Å². The molecule has 2 aliphatic heterocycles. The number of hydroxylamine groups is 1. The third kappa shape index (κ3) is 4.04. The van der Waals surface area contributed by atoms with Gasteiger partial charge in [-0.3, -0.25) is 14.9 Å². The first kappa shape index (κ1) is 17.8. The van der Waals surface area contributed by atoms with Crippen LogP contribution in [0.2, 0.25) is 0 Å². The molecule has 1 atom stereocenters. The quantitative estimate of drug-likeness (QED) is 0.434. The molecule has 0 saturated heterocycles. The lowest BCUT2D eigenvalue weighted by Gasteiger charge is -2.29. The van der Waals surface area contributed by atoms with E-state index in [1.165, 1.54) is 34.9 Å². The molecule has 2 aromatic carbocycles. The number of carbonyl (C=O) groups is 1. The van der Waals surface area contributed by atoms with Gasteiger partial charge in [-0.25, -0.2) is 5.48 Å². The van der Waals surface area contributed by atoms with Crippen LogP contribution in [-0.4, -0.2) is 35.6 Å². The molecular formula is C22H25N3O2. The Morgan fingerprint density at radius 2 is 2.15 bits per heavy atom. The number of fused-ring (bicyclic) bond motifs is 2. The summed E-state index contributed by atoms with van der Waals surface area (Å²) in [6.45, 7) is 4.21. The predicted octanol–water partition coefficient (Wildman–Crippen LogP) is 3.16. The summed E-state index contributed by atoms with van der Waals surface area (Å²) in [5.74, 6) is 0.0923. The van der Waals surface area contributed by atoms with Gasteiger partial charge in [0.15, 0.2) is 0 Å². The van der Waals surface area contributed by atoms with Crippen LogP contribution in [0.5, 0.6) is 0 Å². The Morgan fingerprint density at radius 3 is 3.04 bits per heavy atom. The number of para-hydroxylation sites is 1. The Bertz CT molecular complexity index is 862. The second-order valence-electron chi connectivity index (χ2n) is 7.32. The van der Waals surface area contributed by atoms with Crippen LogP contribution in [0, 0.1) is 0 Å². The first-order chi connectivity index (χ1) is 13.2. The first-order valence-corrected chi connectivity index (χ1v) is 9.52. The highest BCUT2D eigenvalue weighted by atomic mass is 16.5. The largest absolute Gasteiger partial charge is 0.384 e. The molecule has 0 radical (unpaired) electrons. The van der Waals surface area contributed by atoms with E-state index in [2.05, 4.69) is 46.6 Å². The molecule has 2 aromatic rings. The minimum Gasteiger partial charge on any atom is -0.384 e. The predicted molar refractivity (Wildman–Crippen MR) is 107 cm³/mol. The summed E-state index contributed by atoms with van der Waals surface area (Å²) >= 11 is 0. The van der Waals surface area contributed by atoms with E-state index in [1.54, 1.807) is 11.6 Å². The fourth-order valence-electron chi connectivity index (χ4n) is 4.09. The number of nitrogens with zero attached hydrogens (tertiary/aromatic N) is 1. The Labute approximate surface area is 159 Å². The lowest BCUT2D eigenvalue weighted by atomic mass is 9.95. The number of nitrogens with one attached hydrogen (secondary N) is 2. The topological polar surface area (TPSA) is 64.6 Å². The summed E-state index contributed by atoms with van der Waals surface area (Å²) < 4.78 is 0. The molecule has 5 nitrogen and oxygen atoms in total. The maximum absolute atomic E-state index is 11.1. The molecular weight excluding hydrogens is 338 g/mol. The van der Waals surface area contributed by atoms with Crippen LogP contribution in [0.15, 0.2) is 48.5 Å². The number of hydrogen-bond acceptors (Lipinski definition) is 4. The van der Waals surface area contributed by atoms with Gasteiger partial charge in [0.2, 0.25) is 0 Å². The summed E-state index contributed by atoms with van der Waals surface area (Å²) in [5.41, 5.74) is 8.07. The molecule has 3 N–H and O–H groups in total. The number of benzene rings is 2. The zero-order valence-corrected chi connectivity index (χ0v) is 15.3. The van der Waals surface area contributed by atoms with E-state index in [-0.39, 0.29) is 0 Å². The molecule has 1 unspecified atom stereocenters. The molecule has 27 heavy (non-hydrogen) atoms. The molecule has 0 aromatic heterocycles. The van der Waals surface area contributed by atoms with Gasteiger partial charge in [-0.1, -0.05) is 36.4 Å². The van der Waals surface area contributed by atoms with Crippen LogP contribution in [-0.2, 0) is 17.8 Å². The summed E-state index contributed by atoms with van der Waals surface area (Å²) in [6, 6.07) is 15.0. The van der Waals surface area contributed by atoms with Crippen molar-refractivity contribution in [3.05, 3.63) is 70.8 Å². The van der Waals surface area contributed by atoms with Gasteiger partial charge in [-0.05, 0) is 53.8 Å². The van der Waals surface area contributed by atoms with Crippen molar-refractivity contribution in [2.45, 2.75) is 25.3 Å². The third-order valence-corrected chi connectivity index (χ3v) is 5.59. The molecule has 5 heteroatoms. The lowest BCUT2D eigenvalue weighted by molar-refractivity contribution is -0.124. The summed E-state index contributed by atoms with van der Waals surface area (Å²) in [6.07, 6.45) is 5.27. The Balaban J connectivity index is 1.35. The van der Waals surface area contributed by atoms with Crippen LogP contribution in [0.4, 0.5) is 5.69 Å². The number of hydrogen-bond donors (Lipinski definition) is 3. The van der Waals surface area contributed by atoms with Crippen molar-refractivity contribution in [1.82, 2.24) is 10.4 Å². The van der Waals surface area contributed by atoms with Crippen molar-refractivity contribution in [2.75, 3.05) is 25.0 Å². The fourth-order valence-corrected chi connectivity index (χ4v) is 4.09. The van der Waals surface area contributed by atoms with Crippen LogP contribution in [0.3, 0.4) is 0 Å². The Morgan fingerprint density at radius 1 is 1.26 bits per heavy atom. The molecule has 0 fully saturated rings. The van der Waals surface area contributed by atoms with Crippen LogP contribution < -0.4 is 10.8 Å². The molecule has 4 rings (SSSR count). The van der Waals surface area contributed by atoms with E-state index in [0.717, 1.165) is 38.2 Å². The maximum atomic E-state index is 11.1. The molecule has 0 saturated carbocycles. The minimum absolute atomic E-state index is 0.512. The summed E-state index contributed by atoms with van der Waals surface area (Å²) in [5, 5.41) is 12.1. The number of carbonyl (C=O) groups excluding carboxylic acids is 1. The van der Waals surface area contributed by atoms with E-state index in [9.17, 15) is 4.79 Å². The van der Waals surface area contributed by atoms with Crippen molar-refractivity contribution in [3.63, 3.8) is 0 Å². The molecule has 2 aliphatic rings. The lowest BCUT2D eigenvalue weighted by Crippen LogP contribution is -2.32. The molecule has 0 aliphatic carbocycles. The van der Waals surface area contributed by atoms with E-state index < -0.39 is 5.91 Å². The molecule has 1 amide bonds. The van der Waals surface area contributed by atoms with Gasteiger partial charge in [0, 0.05) is 37.3 Å². The maximum Gasteiger partial charge on any atom is 0.267 e. The molecule has 0 bridgehead atoms. The van der Waals surface area contributed by atoms with Crippen LogP contribution in [0.1, 0.15) is 34.6 Å². The van der Waals surface area contributed by atoms with E-state index in [4.69, 9.17) is 5.21 Å². The fraction of sp³-hybridized carbons (Fsp3) is 0.318. The van der Waals surface area contributed by atoms with Gasteiger partial charge in [0.1, 0.15) is 0 Å². The zero-order chi connectivity index (χ0) is 18.6. The second-order valence-corrected chi connectivity index (χ2v) is 7.32. The Hall–Kier alpha value is -2.63. The second kappa shape index (κ2) is 7.94. The van der Waals surface area contributed by atoms with E-state index in [1.807, 2.05) is 6.07 Å². The molecule has 140 valence electrons. The average Bonchev–Trinajstić information content (AvgIpc) is 3.13. The van der Waals surface area contributed by atoms with Gasteiger partial charge in [-0.15, -0.1) is 0 Å². The highest BCUT2D eigenvalue weighted by molar-refractivity contribution is 5.90. The molecule has 2 heterocycles. The number of amides is 1. The van der Waals surface area contributed by atoms with Crippen molar-refractivity contribution < 1.29 is 10.0 Å². The summed E-state index contributed by atoms with van der Waals surface area (Å²) in [7, 11) is 0. The van der Waals surface area contributed by atoms with Gasteiger partial charge in [0.25, 0.3) is 5.91 Å². The number of rotatable bonds is 5. The highest BCUT2D eigenvalue weighted by Gasteiger charge is 2.23. The third-order valence-electron chi connectivity index (χ3n) is 5.59.